The van der Waals surface area contributed by atoms with E-state index < -0.39 is 6.04 Å². The summed E-state index contributed by atoms with van der Waals surface area (Å²) in [5.74, 6) is 0.602. The maximum atomic E-state index is 14.2. The Bertz CT molecular complexity index is 1430. The fourth-order valence-electron chi connectivity index (χ4n) is 4.80. The van der Waals surface area contributed by atoms with Crippen molar-refractivity contribution in [3.8, 4) is 10.7 Å². The highest BCUT2D eigenvalue weighted by atomic mass is 32.1. The SMILES string of the molecule is CC1=C(c2nc(-c3cccs3)no2)C(c2cccc(F)c2)NC(=S)N1c1ccc2c(c1)CCC2. The van der Waals surface area contributed by atoms with Crippen molar-refractivity contribution >= 4 is 39.9 Å². The van der Waals surface area contributed by atoms with E-state index in [0.717, 1.165) is 40.2 Å². The first-order chi connectivity index (χ1) is 16.6. The summed E-state index contributed by atoms with van der Waals surface area (Å²) >= 11 is 7.37. The molecule has 1 N–H and O–H groups in total. The van der Waals surface area contributed by atoms with E-state index in [1.54, 1.807) is 17.4 Å². The van der Waals surface area contributed by atoms with Gasteiger partial charge in [-0.1, -0.05) is 29.4 Å². The third-order valence-electron chi connectivity index (χ3n) is 6.41. The number of hydrogen-bond acceptors (Lipinski definition) is 5. The van der Waals surface area contributed by atoms with Crippen LogP contribution in [0.1, 0.15) is 42.0 Å². The van der Waals surface area contributed by atoms with Gasteiger partial charge in [-0.2, -0.15) is 4.98 Å². The Labute approximate surface area is 205 Å². The molecule has 0 saturated carbocycles. The highest BCUT2D eigenvalue weighted by molar-refractivity contribution is 7.80. The Morgan fingerprint density at radius 2 is 2.00 bits per heavy atom. The largest absolute Gasteiger partial charge is 0.351 e. The van der Waals surface area contributed by atoms with Gasteiger partial charge in [-0.25, -0.2) is 4.39 Å². The van der Waals surface area contributed by atoms with Crippen molar-refractivity contribution in [2.24, 2.45) is 0 Å². The minimum Gasteiger partial charge on any atom is -0.351 e. The molecule has 1 aliphatic heterocycles. The second-order valence-electron chi connectivity index (χ2n) is 8.48. The average molecular weight is 489 g/mol. The quantitative estimate of drug-likeness (QED) is 0.341. The molecule has 5 nitrogen and oxygen atoms in total. The van der Waals surface area contributed by atoms with Crippen molar-refractivity contribution < 1.29 is 8.91 Å². The predicted octanol–water partition coefficient (Wildman–Crippen LogP) is 6.29. The van der Waals surface area contributed by atoms with Gasteiger partial charge in [-0.3, -0.25) is 4.90 Å². The summed E-state index contributed by atoms with van der Waals surface area (Å²) in [5, 5.41) is 10.1. The third-order valence-corrected chi connectivity index (χ3v) is 7.57. The lowest BCUT2D eigenvalue weighted by Crippen LogP contribution is -2.46. The Balaban J connectivity index is 1.50. The predicted molar refractivity (Wildman–Crippen MR) is 136 cm³/mol. The molecular weight excluding hydrogens is 467 g/mol. The average Bonchev–Trinajstić information content (AvgIpc) is 3.59. The van der Waals surface area contributed by atoms with E-state index >= 15 is 0 Å². The van der Waals surface area contributed by atoms with Crippen LogP contribution in [0.15, 0.2) is 70.2 Å². The molecule has 2 aromatic carbocycles. The Kier molecular flexibility index (Phi) is 5.27. The molecule has 2 aliphatic rings. The Morgan fingerprint density at radius 3 is 2.82 bits per heavy atom. The van der Waals surface area contributed by atoms with Crippen molar-refractivity contribution in [3.05, 3.63) is 94.1 Å². The molecule has 0 radical (unpaired) electrons. The molecule has 0 bridgehead atoms. The summed E-state index contributed by atoms with van der Waals surface area (Å²) in [6, 6.07) is 16.5. The van der Waals surface area contributed by atoms with E-state index in [1.165, 1.54) is 29.7 Å². The van der Waals surface area contributed by atoms with E-state index in [9.17, 15) is 4.39 Å². The molecule has 0 fully saturated rings. The number of halogens is 1. The van der Waals surface area contributed by atoms with Gasteiger partial charge in [0, 0.05) is 11.4 Å². The maximum Gasteiger partial charge on any atom is 0.258 e. The molecule has 6 rings (SSSR count). The van der Waals surface area contributed by atoms with Gasteiger partial charge in [-0.15, -0.1) is 11.3 Å². The number of thiophene rings is 1. The number of anilines is 1. The summed E-state index contributed by atoms with van der Waals surface area (Å²) in [6.45, 7) is 2.00. The molecule has 0 amide bonds. The summed E-state index contributed by atoms with van der Waals surface area (Å²) in [6.07, 6.45) is 3.37. The highest BCUT2D eigenvalue weighted by Gasteiger charge is 2.35. The van der Waals surface area contributed by atoms with Gasteiger partial charge in [0.05, 0.1) is 16.5 Å². The van der Waals surface area contributed by atoms with Crippen LogP contribution in [-0.2, 0) is 12.8 Å². The zero-order valence-corrected chi connectivity index (χ0v) is 20.0. The van der Waals surface area contributed by atoms with Crippen LogP contribution in [0.5, 0.6) is 0 Å². The molecule has 3 heterocycles. The lowest BCUT2D eigenvalue weighted by Gasteiger charge is -2.37. The zero-order chi connectivity index (χ0) is 23.2. The van der Waals surface area contributed by atoms with Gasteiger partial charge >= 0.3 is 0 Å². The van der Waals surface area contributed by atoms with Crippen molar-refractivity contribution in [3.63, 3.8) is 0 Å². The van der Waals surface area contributed by atoms with E-state index in [2.05, 4.69) is 28.7 Å². The molecule has 2 aromatic heterocycles. The van der Waals surface area contributed by atoms with Gasteiger partial charge in [0.2, 0.25) is 5.82 Å². The number of aryl methyl sites for hydroxylation is 2. The summed E-state index contributed by atoms with van der Waals surface area (Å²) in [5.41, 5.74) is 6.13. The minimum absolute atomic E-state index is 0.312. The first kappa shape index (κ1) is 21.2. The first-order valence-corrected chi connectivity index (χ1v) is 12.4. The number of nitrogens with one attached hydrogen (secondary N) is 1. The van der Waals surface area contributed by atoms with Crippen LogP contribution in [0, 0.1) is 5.82 Å². The summed E-state index contributed by atoms with van der Waals surface area (Å²) in [4.78, 5) is 7.64. The molecule has 0 saturated heterocycles. The van der Waals surface area contributed by atoms with Crippen molar-refractivity contribution in [2.75, 3.05) is 4.90 Å². The molecule has 0 spiro atoms. The van der Waals surface area contributed by atoms with Gasteiger partial charge in [0.15, 0.2) is 5.11 Å². The highest BCUT2D eigenvalue weighted by Crippen LogP contribution is 2.40. The standard InChI is InChI=1S/C26H21FN4OS2/c1-15-22(25-29-24(30-32-25)21-9-4-12-34-21)23(18-7-3-8-19(27)13-18)28-26(33)31(15)20-11-10-16-5-2-6-17(16)14-20/h3-4,7-14,23H,2,5-6H2,1H3,(H,28,33). The molecule has 8 heteroatoms. The van der Waals surface area contributed by atoms with Crippen LogP contribution in [0.25, 0.3) is 16.3 Å². The fraction of sp³-hybridized carbons (Fsp3) is 0.192. The van der Waals surface area contributed by atoms with Crippen LogP contribution in [0.2, 0.25) is 0 Å². The first-order valence-electron chi connectivity index (χ1n) is 11.1. The minimum atomic E-state index is -0.425. The number of thiocarbonyl (C=S) groups is 1. The number of benzene rings is 2. The lowest BCUT2D eigenvalue weighted by molar-refractivity contribution is 0.404. The number of nitrogens with zero attached hydrogens (tertiary/aromatic N) is 3. The lowest BCUT2D eigenvalue weighted by atomic mass is 9.94. The molecule has 1 aliphatic carbocycles. The molecule has 170 valence electrons. The monoisotopic (exact) mass is 488 g/mol. The van der Waals surface area contributed by atoms with Gasteiger partial charge in [0.25, 0.3) is 5.89 Å². The van der Waals surface area contributed by atoms with Crippen LogP contribution in [0.4, 0.5) is 10.1 Å². The number of hydrogen-bond donors (Lipinski definition) is 1. The fourth-order valence-corrected chi connectivity index (χ4v) is 5.81. The van der Waals surface area contributed by atoms with Crippen LogP contribution < -0.4 is 10.2 Å². The molecule has 1 atom stereocenters. The molecule has 1 unspecified atom stereocenters. The van der Waals surface area contributed by atoms with Gasteiger partial charge in [0.1, 0.15) is 5.82 Å². The van der Waals surface area contributed by atoms with Crippen molar-refractivity contribution in [1.29, 1.82) is 0 Å². The van der Waals surface area contributed by atoms with Crippen LogP contribution in [-0.4, -0.2) is 15.3 Å². The van der Waals surface area contributed by atoms with E-state index in [-0.39, 0.29) is 5.82 Å². The van der Waals surface area contributed by atoms with E-state index in [4.69, 9.17) is 21.7 Å². The molecular formula is C26H21FN4OS2. The van der Waals surface area contributed by atoms with Crippen LogP contribution >= 0.6 is 23.6 Å². The Morgan fingerprint density at radius 1 is 1.12 bits per heavy atom. The number of aromatic nitrogens is 2. The Hall–Kier alpha value is -3.36. The topological polar surface area (TPSA) is 54.2 Å². The van der Waals surface area contributed by atoms with E-state index in [1.807, 2.05) is 35.4 Å². The maximum absolute atomic E-state index is 14.2. The van der Waals surface area contributed by atoms with Crippen LogP contribution in [0.3, 0.4) is 0 Å². The zero-order valence-electron chi connectivity index (χ0n) is 18.4. The van der Waals surface area contributed by atoms with E-state index in [0.29, 0.717) is 16.8 Å². The normalized spacial score (nSPS) is 17.8. The molecule has 34 heavy (non-hydrogen) atoms. The van der Waals surface area contributed by atoms with Crippen molar-refractivity contribution in [1.82, 2.24) is 15.5 Å². The second kappa shape index (κ2) is 8.45. The molecule has 4 aromatic rings. The van der Waals surface area contributed by atoms with Gasteiger partial charge in [-0.05, 0) is 90.8 Å². The summed E-state index contributed by atoms with van der Waals surface area (Å²) in [7, 11) is 0. The van der Waals surface area contributed by atoms with Crippen molar-refractivity contribution in [2.45, 2.75) is 32.2 Å². The summed E-state index contributed by atoms with van der Waals surface area (Å²) < 4.78 is 19.9. The number of fused-ring (bicyclic) bond motifs is 1. The smallest absolute Gasteiger partial charge is 0.258 e. The number of allylic oxidation sites excluding steroid dienone is 1. The second-order valence-corrected chi connectivity index (χ2v) is 9.81. The third kappa shape index (κ3) is 3.63. The number of rotatable bonds is 4. The van der Waals surface area contributed by atoms with Gasteiger partial charge < -0.3 is 9.84 Å².